The van der Waals surface area contributed by atoms with Crippen LogP contribution in [0.15, 0.2) is 47.6 Å². The molecule has 1 N–H and O–H groups in total. The quantitative estimate of drug-likeness (QED) is 0.695. The first-order chi connectivity index (χ1) is 10.1. The number of rotatable bonds is 4. The zero-order valence-corrected chi connectivity index (χ0v) is 12.5. The van der Waals surface area contributed by atoms with E-state index in [1.54, 1.807) is 18.3 Å². The zero-order chi connectivity index (χ0) is 15.2. The molecule has 5 heteroatoms. The largest absolute Gasteiger partial charge is 0.496 e. The number of nitrogens with one attached hydrogen (secondary N) is 1. The van der Waals surface area contributed by atoms with Crippen LogP contribution in [0, 0.1) is 6.92 Å². The predicted molar refractivity (Wildman–Crippen MR) is 84.2 cm³/mol. The summed E-state index contributed by atoms with van der Waals surface area (Å²) in [6.07, 6.45) is 1.58. The molecule has 0 bridgehead atoms. The Morgan fingerprint density at radius 2 is 1.95 bits per heavy atom. The highest BCUT2D eigenvalue weighted by atomic mass is 35.5. The van der Waals surface area contributed by atoms with Crippen molar-refractivity contribution in [3.05, 3.63) is 64.2 Å². The smallest absolute Gasteiger partial charge is 0.275 e. The number of hydrazone groups is 1. The molecule has 0 atom stereocenters. The summed E-state index contributed by atoms with van der Waals surface area (Å²) in [7, 11) is 1.50. The van der Waals surface area contributed by atoms with Gasteiger partial charge in [0.1, 0.15) is 5.75 Å². The van der Waals surface area contributed by atoms with Gasteiger partial charge in [-0.1, -0.05) is 41.4 Å². The van der Waals surface area contributed by atoms with Gasteiger partial charge >= 0.3 is 0 Å². The number of benzene rings is 2. The van der Waals surface area contributed by atoms with Crippen molar-refractivity contribution in [3.8, 4) is 5.75 Å². The molecule has 2 rings (SSSR count). The van der Waals surface area contributed by atoms with Crippen molar-refractivity contribution in [2.75, 3.05) is 7.11 Å². The SMILES string of the molecule is COc1ccc(Cl)cc1C(=O)N/N=C/c1ccc(C)cc1. The lowest BCUT2D eigenvalue weighted by molar-refractivity contribution is 0.0952. The number of hydrogen-bond donors (Lipinski definition) is 1. The standard InChI is InChI=1S/C16H15ClN2O2/c1-11-3-5-12(6-4-11)10-18-19-16(20)14-9-13(17)7-8-15(14)21-2/h3-10H,1-2H3,(H,19,20)/b18-10+. The van der Waals surface area contributed by atoms with Crippen LogP contribution in [-0.2, 0) is 0 Å². The van der Waals surface area contributed by atoms with Gasteiger partial charge in [-0.05, 0) is 30.7 Å². The summed E-state index contributed by atoms with van der Waals surface area (Å²) in [5.41, 5.74) is 4.86. The molecule has 0 radical (unpaired) electrons. The first kappa shape index (κ1) is 15.1. The van der Waals surface area contributed by atoms with Gasteiger partial charge < -0.3 is 4.74 Å². The Balaban J connectivity index is 2.08. The summed E-state index contributed by atoms with van der Waals surface area (Å²) in [5, 5.41) is 4.39. The second-order valence-corrected chi connectivity index (χ2v) is 4.89. The summed E-state index contributed by atoms with van der Waals surface area (Å²) in [5.74, 6) is 0.0696. The van der Waals surface area contributed by atoms with Gasteiger partial charge in [0.15, 0.2) is 0 Å². The van der Waals surface area contributed by atoms with Crippen LogP contribution >= 0.6 is 11.6 Å². The number of aryl methyl sites for hydroxylation is 1. The van der Waals surface area contributed by atoms with Crippen molar-refractivity contribution in [2.24, 2.45) is 5.10 Å². The van der Waals surface area contributed by atoms with E-state index in [4.69, 9.17) is 16.3 Å². The molecular formula is C16H15ClN2O2. The number of halogens is 1. The second kappa shape index (κ2) is 6.90. The van der Waals surface area contributed by atoms with E-state index in [1.165, 1.54) is 18.7 Å². The Labute approximate surface area is 128 Å². The molecule has 0 saturated heterocycles. The minimum absolute atomic E-state index is 0.339. The number of carbonyl (C=O) groups excluding carboxylic acids is 1. The molecule has 0 saturated carbocycles. The summed E-state index contributed by atoms with van der Waals surface area (Å²) in [4.78, 5) is 12.1. The molecule has 2 aromatic rings. The third kappa shape index (κ3) is 4.07. The Hall–Kier alpha value is -2.33. The summed E-state index contributed by atoms with van der Waals surface area (Å²) in [6, 6.07) is 12.6. The van der Waals surface area contributed by atoms with E-state index in [-0.39, 0.29) is 5.91 Å². The fraction of sp³-hybridized carbons (Fsp3) is 0.125. The molecule has 0 aliphatic carbocycles. The lowest BCUT2D eigenvalue weighted by atomic mass is 10.2. The van der Waals surface area contributed by atoms with Gasteiger partial charge in [0.25, 0.3) is 5.91 Å². The van der Waals surface area contributed by atoms with Crippen LogP contribution in [0.2, 0.25) is 5.02 Å². The van der Waals surface area contributed by atoms with E-state index in [2.05, 4.69) is 10.5 Å². The average molecular weight is 303 g/mol. The summed E-state index contributed by atoms with van der Waals surface area (Å²) in [6.45, 7) is 2.01. The number of amides is 1. The first-order valence-corrected chi connectivity index (χ1v) is 6.71. The minimum atomic E-state index is -0.377. The molecule has 2 aromatic carbocycles. The van der Waals surface area contributed by atoms with Gasteiger partial charge in [-0.2, -0.15) is 5.10 Å². The number of hydrogen-bond acceptors (Lipinski definition) is 3. The number of methoxy groups -OCH3 is 1. The monoisotopic (exact) mass is 302 g/mol. The van der Waals surface area contributed by atoms with Gasteiger partial charge in [-0.25, -0.2) is 5.43 Å². The molecule has 0 unspecified atom stereocenters. The number of nitrogens with zero attached hydrogens (tertiary/aromatic N) is 1. The highest BCUT2D eigenvalue weighted by Gasteiger charge is 2.11. The Morgan fingerprint density at radius 1 is 1.24 bits per heavy atom. The van der Waals surface area contributed by atoms with E-state index in [9.17, 15) is 4.79 Å². The molecule has 4 nitrogen and oxygen atoms in total. The molecule has 0 heterocycles. The third-order valence-corrected chi connectivity index (χ3v) is 3.10. The van der Waals surface area contributed by atoms with Crippen molar-refractivity contribution >= 4 is 23.7 Å². The van der Waals surface area contributed by atoms with Gasteiger partial charge in [0.05, 0.1) is 18.9 Å². The molecule has 21 heavy (non-hydrogen) atoms. The Morgan fingerprint density at radius 3 is 2.62 bits per heavy atom. The van der Waals surface area contributed by atoms with Gasteiger partial charge in [-0.3, -0.25) is 4.79 Å². The third-order valence-electron chi connectivity index (χ3n) is 2.86. The molecule has 0 aromatic heterocycles. The van der Waals surface area contributed by atoms with Crippen molar-refractivity contribution in [1.82, 2.24) is 5.43 Å². The lowest BCUT2D eigenvalue weighted by Crippen LogP contribution is -2.18. The predicted octanol–water partition coefficient (Wildman–Crippen LogP) is 3.42. The van der Waals surface area contributed by atoms with Crippen LogP contribution in [0.25, 0.3) is 0 Å². The van der Waals surface area contributed by atoms with Crippen LogP contribution in [-0.4, -0.2) is 19.2 Å². The second-order valence-electron chi connectivity index (χ2n) is 4.45. The molecule has 0 aliphatic rings. The van der Waals surface area contributed by atoms with Crippen LogP contribution in [0.5, 0.6) is 5.75 Å². The maximum atomic E-state index is 12.1. The first-order valence-electron chi connectivity index (χ1n) is 6.34. The normalized spacial score (nSPS) is 10.6. The van der Waals surface area contributed by atoms with Crippen LogP contribution in [0.4, 0.5) is 0 Å². The Bertz CT molecular complexity index is 666. The van der Waals surface area contributed by atoms with Gasteiger partial charge in [-0.15, -0.1) is 0 Å². The highest BCUT2D eigenvalue weighted by Crippen LogP contribution is 2.22. The Kier molecular flexibility index (Phi) is 4.95. The van der Waals surface area contributed by atoms with Crippen molar-refractivity contribution < 1.29 is 9.53 Å². The molecule has 0 aliphatic heterocycles. The fourth-order valence-electron chi connectivity index (χ4n) is 1.74. The number of ether oxygens (including phenoxy) is 1. The topological polar surface area (TPSA) is 50.7 Å². The molecule has 108 valence electrons. The van der Waals surface area contributed by atoms with E-state index in [0.29, 0.717) is 16.3 Å². The van der Waals surface area contributed by atoms with E-state index < -0.39 is 0 Å². The zero-order valence-electron chi connectivity index (χ0n) is 11.8. The van der Waals surface area contributed by atoms with Crippen molar-refractivity contribution in [2.45, 2.75) is 6.92 Å². The molecule has 1 amide bonds. The maximum absolute atomic E-state index is 12.1. The van der Waals surface area contributed by atoms with Crippen molar-refractivity contribution in [1.29, 1.82) is 0 Å². The average Bonchev–Trinajstić information content (AvgIpc) is 2.49. The highest BCUT2D eigenvalue weighted by molar-refractivity contribution is 6.31. The minimum Gasteiger partial charge on any atom is -0.496 e. The van der Waals surface area contributed by atoms with Crippen molar-refractivity contribution in [3.63, 3.8) is 0 Å². The van der Waals surface area contributed by atoms with E-state index in [0.717, 1.165) is 5.56 Å². The fourth-order valence-corrected chi connectivity index (χ4v) is 1.91. The summed E-state index contributed by atoms with van der Waals surface area (Å²) >= 11 is 5.89. The van der Waals surface area contributed by atoms with Crippen LogP contribution < -0.4 is 10.2 Å². The van der Waals surface area contributed by atoms with E-state index in [1.807, 2.05) is 31.2 Å². The van der Waals surface area contributed by atoms with Crippen LogP contribution in [0.3, 0.4) is 0 Å². The van der Waals surface area contributed by atoms with E-state index >= 15 is 0 Å². The maximum Gasteiger partial charge on any atom is 0.275 e. The van der Waals surface area contributed by atoms with Gasteiger partial charge in [0, 0.05) is 5.02 Å². The summed E-state index contributed by atoms with van der Waals surface area (Å²) < 4.78 is 5.13. The molecular weight excluding hydrogens is 288 g/mol. The number of carbonyl (C=O) groups is 1. The van der Waals surface area contributed by atoms with Gasteiger partial charge in [0.2, 0.25) is 0 Å². The van der Waals surface area contributed by atoms with Crippen LogP contribution in [0.1, 0.15) is 21.5 Å². The lowest BCUT2D eigenvalue weighted by Gasteiger charge is -2.07. The molecule has 0 fully saturated rings. The molecule has 0 spiro atoms.